The molecule has 0 radical (unpaired) electrons. The Balaban J connectivity index is 1.75. The number of nitrogen functional groups attached to an aromatic ring is 1. The van der Waals surface area contributed by atoms with Crippen molar-refractivity contribution >= 4 is 45.0 Å². The second-order valence-corrected chi connectivity index (χ2v) is 7.92. The average Bonchev–Trinajstić information content (AvgIpc) is 3.26. The minimum atomic E-state index is 0.481. The zero-order chi connectivity index (χ0) is 17.4. The number of hydrogen-bond acceptors (Lipinski definition) is 6. The van der Waals surface area contributed by atoms with Crippen LogP contribution < -0.4 is 16.0 Å². The molecule has 3 heterocycles. The van der Waals surface area contributed by atoms with Crippen molar-refractivity contribution in [1.29, 1.82) is 0 Å². The number of fused-ring (bicyclic) bond motifs is 1. The van der Waals surface area contributed by atoms with Crippen LogP contribution in [0.2, 0.25) is 0 Å². The van der Waals surface area contributed by atoms with Crippen LogP contribution >= 0.6 is 27.7 Å². The highest BCUT2D eigenvalue weighted by Gasteiger charge is 2.26. The lowest BCUT2D eigenvalue weighted by Crippen LogP contribution is -2.30. The van der Waals surface area contributed by atoms with Crippen molar-refractivity contribution in [1.82, 2.24) is 19.9 Å². The number of benzene rings is 1. The minimum absolute atomic E-state index is 0.481. The van der Waals surface area contributed by atoms with Gasteiger partial charge < -0.3 is 16.0 Å². The Morgan fingerprint density at radius 1 is 1.32 bits per heavy atom. The van der Waals surface area contributed by atoms with Crippen molar-refractivity contribution in [3.8, 4) is 0 Å². The van der Waals surface area contributed by atoms with Gasteiger partial charge in [-0.2, -0.15) is 9.61 Å². The zero-order valence-electron chi connectivity index (χ0n) is 13.8. The van der Waals surface area contributed by atoms with Gasteiger partial charge in [0.05, 0.1) is 11.1 Å². The molecule has 0 amide bonds. The first-order valence-corrected chi connectivity index (χ1v) is 9.76. The van der Waals surface area contributed by atoms with Gasteiger partial charge in [0.15, 0.2) is 5.65 Å². The van der Waals surface area contributed by atoms with E-state index in [2.05, 4.69) is 43.4 Å². The summed E-state index contributed by atoms with van der Waals surface area (Å²) in [5.41, 5.74) is 7.11. The van der Waals surface area contributed by atoms with Gasteiger partial charge in [0.1, 0.15) is 16.1 Å². The third kappa shape index (κ3) is 3.09. The number of halogens is 1. The SMILES string of the molecule is CN[C@H]1CCN(c2nc3c(Sc4ccccc4)cnn3c(N)c2Br)C1. The van der Waals surface area contributed by atoms with Gasteiger partial charge in [-0.25, -0.2) is 4.98 Å². The van der Waals surface area contributed by atoms with Crippen LogP contribution in [0.15, 0.2) is 50.8 Å². The fourth-order valence-electron chi connectivity index (χ4n) is 3.05. The van der Waals surface area contributed by atoms with Gasteiger partial charge in [-0.05, 0) is 41.5 Å². The fourth-order valence-corrected chi connectivity index (χ4v) is 4.43. The summed E-state index contributed by atoms with van der Waals surface area (Å²) in [5, 5.41) is 7.76. The molecular formula is C17H19BrN6S. The van der Waals surface area contributed by atoms with Crippen LogP contribution in [0, 0.1) is 0 Å². The first-order chi connectivity index (χ1) is 12.2. The Morgan fingerprint density at radius 2 is 2.12 bits per heavy atom. The largest absolute Gasteiger partial charge is 0.383 e. The smallest absolute Gasteiger partial charge is 0.173 e. The van der Waals surface area contributed by atoms with E-state index in [1.165, 1.54) is 0 Å². The molecule has 6 nitrogen and oxygen atoms in total. The first-order valence-electron chi connectivity index (χ1n) is 8.15. The maximum Gasteiger partial charge on any atom is 0.173 e. The van der Waals surface area contributed by atoms with Crippen molar-refractivity contribution < 1.29 is 0 Å². The molecule has 1 saturated heterocycles. The van der Waals surface area contributed by atoms with E-state index < -0.39 is 0 Å². The molecule has 25 heavy (non-hydrogen) atoms. The Hall–Kier alpha value is -1.77. The molecule has 0 saturated carbocycles. The lowest BCUT2D eigenvalue weighted by atomic mass is 10.3. The van der Waals surface area contributed by atoms with Gasteiger partial charge in [-0.1, -0.05) is 30.0 Å². The van der Waals surface area contributed by atoms with E-state index in [0.717, 1.165) is 45.2 Å². The van der Waals surface area contributed by atoms with E-state index in [9.17, 15) is 0 Å². The number of nitrogens with zero attached hydrogens (tertiary/aromatic N) is 4. The third-order valence-corrected chi connectivity index (χ3v) is 6.22. The van der Waals surface area contributed by atoms with Gasteiger partial charge in [-0.3, -0.25) is 0 Å². The standard InChI is InChI=1S/C17H19BrN6S/c1-20-11-7-8-23(10-11)17-14(18)15(19)24-16(22-17)13(9-21-24)25-12-5-3-2-4-6-12/h2-6,9,11,20H,7-8,10,19H2,1H3/t11-/m0/s1. The first kappa shape index (κ1) is 16.7. The number of likely N-dealkylation sites (N-methyl/N-ethyl adjacent to an activating group) is 1. The fraction of sp³-hybridized carbons (Fsp3) is 0.294. The molecule has 2 aromatic heterocycles. The molecule has 3 aromatic rings. The van der Waals surface area contributed by atoms with E-state index in [1.807, 2.05) is 31.4 Å². The molecule has 1 fully saturated rings. The third-order valence-electron chi connectivity index (χ3n) is 4.44. The lowest BCUT2D eigenvalue weighted by Gasteiger charge is -2.20. The van der Waals surface area contributed by atoms with Crippen LogP contribution in [0.4, 0.5) is 11.6 Å². The Labute approximate surface area is 158 Å². The van der Waals surface area contributed by atoms with Gasteiger partial charge in [-0.15, -0.1) is 0 Å². The lowest BCUT2D eigenvalue weighted by molar-refractivity contribution is 0.616. The van der Waals surface area contributed by atoms with Crippen LogP contribution in [-0.4, -0.2) is 40.8 Å². The highest BCUT2D eigenvalue weighted by molar-refractivity contribution is 9.10. The summed E-state index contributed by atoms with van der Waals surface area (Å²) in [6.07, 6.45) is 2.92. The molecule has 1 aliphatic heterocycles. The summed E-state index contributed by atoms with van der Waals surface area (Å²) in [5.74, 6) is 1.46. The zero-order valence-corrected chi connectivity index (χ0v) is 16.2. The molecule has 0 spiro atoms. The summed E-state index contributed by atoms with van der Waals surface area (Å²) >= 11 is 5.26. The van der Waals surface area contributed by atoms with Crippen molar-refractivity contribution in [3.63, 3.8) is 0 Å². The average molecular weight is 419 g/mol. The quantitative estimate of drug-likeness (QED) is 0.678. The molecule has 1 atom stereocenters. The number of hydrogen-bond donors (Lipinski definition) is 2. The van der Waals surface area contributed by atoms with Crippen molar-refractivity contribution in [2.45, 2.75) is 22.3 Å². The van der Waals surface area contributed by atoms with Crippen LogP contribution in [0.3, 0.4) is 0 Å². The second-order valence-electron chi connectivity index (χ2n) is 6.01. The van der Waals surface area contributed by atoms with E-state index in [-0.39, 0.29) is 0 Å². The van der Waals surface area contributed by atoms with E-state index >= 15 is 0 Å². The van der Waals surface area contributed by atoms with Crippen molar-refractivity contribution in [2.75, 3.05) is 30.8 Å². The Kier molecular flexibility index (Phi) is 4.58. The van der Waals surface area contributed by atoms with Crippen molar-refractivity contribution in [3.05, 3.63) is 41.0 Å². The highest BCUT2D eigenvalue weighted by Crippen LogP contribution is 2.36. The van der Waals surface area contributed by atoms with E-state index in [4.69, 9.17) is 10.7 Å². The predicted molar refractivity (Wildman–Crippen MR) is 105 cm³/mol. The van der Waals surface area contributed by atoms with Crippen LogP contribution in [0.5, 0.6) is 0 Å². The number of rotatable bonds is 4. The summed E-state index contributed by atoms with van der Waals surface area (Å²) in [4.78, 5) is 9.31. The van der Waals surface area contributed by atoms with Crippen LogP contribution in [0.1, 0.15) is 6.42 Å². The van der Waals surface area contributed by atoms with E-state index in [0.29, 0.717) is 11.9 Å². The molecule has 1 aliphatic rings. The Morgan fingerprint density at radius 3 is 2.84 bits per heavy atom. The maximum absolute atomic E-state index is 6.32. The predicted octanol–water partition coefficient (Wildman–Crippen LogP) is 3.02. The Bertz CT molecular complexity index is 897. The summed E-state index contributed by atoms with van der Waals surface area (Å²) in [6.45, 7) is 1.88. The molecular weight excluding hydrogens is 400 g/mol. The number of anilines is 2. The van der Waals surface area contributed by atoms with Gasteiger partial charge in [0.25, 0.3) is 0 Å². The summed E-state index contributed by atoms with van der Waals surface area (Å²) in [7, 11) is 2.00. The number of aromatic nitrogens is 3. The topological polar surface area (TPSA) is 71.5 Å². The molecule has 130 valence electrons. The number of nitrogens with two attached hydrogens (primary N) is 1. The highest BCUT2D eigenvalue weighted by atomic mass is 79.9. The van der Waals surface area contributed by atoms with Crippen LogP contribution in [-0.2, 0) is 0 Å². The van der Waals surface area contributed by atoms with Gasteiger partial charge >= 0.3 is 0 Å². The molecule has 0 aliphatic carbocycles. The molecule has 8 heteroatoms. The molecule has 3 N–H and O–H groups in total. The molecule has 0 unspecified atom stereocenters. The molecule has 0 bridgehead atoms. The minimum Gasteiger partial charge on any atom is -0.383 e. The van der Waals surface area contributed by atoms with Crippen molar-refractivity contribution in [2.24, 2.45) is 0 Å². The normalized spacial score (nSPS) is 17.5. The number of nitrogens with one attached hydrogen (secondary N) is 1. The van der Waals surface area contributed by atoms with Crippen LogP contribution in [0.25, 0.3) is 5.65 Å². The maximum atomic E-state index is 6.32. The molecule has 4 rings (SSSR count). The van der Waals surface area contributed by atoms with E-state index in [1.54, 1.807) is 16.3 Å². The van der Waals surface area contributed by atoms with Gasteiger partial charge in [0, 0.05) is 24.0 Å². The summed E-state index contributed by atoms with van der Waals surface area (Å²) in [6, 6.07) is 10.7. The summed E-state index contributed by atoms with van der Waals surface area (Å²) < 4.78 is 2.50. The monoisotopic (exact) mass is 418 g/mol. The van der Waals surface area contributed by atoms with Gasteiger partial charge in [0.2, 0.25) is 0 Å². The molecule has 1 aromatic carbocycles. The second kappa shape index (κ2) is 6.86.